The highest BCUT2D eigenvalue weighted by molar-refractivity contribution is 7.92. The van der Waals surface area contributed by atoms with E-state index in [1.807, 2.05) is 0 Å². The molecule has 0 aromatic carbocycles. The fraction of sp³-hybridized carbons (Fsp3) is 1.00. The highest BCUT2D eigenvalue weighted by Crippen LogP contribution is 2.20. The van der Waals surface area contributed by atoms with Gasteiger partial charge in [-0.2, -0.15) is 0 Å². The molecule has 1 rings (SSSR count). The zero-order valence-electron chi connectivity index (χ0n) is 11.1. The first-order valence-corrected chi connectivity index (χ1v) is 8.20. The molecule has 4 nitrogen and oxygen atoms in total. The van der Waals surface area contributed by atoms with Gasteiger partial charge in [-0.1, -0.05) is 6.92 Å². The van der Waals surface area contributed by atoms with Gasteiger partial charge in [-0.3, -0.25) is 0 Å². The maximum Gasteiger partial charge on any atom is 0.153 e. The predicted octanol–water partition coefficient (Wildman–Crippen LogP) is 0.902. The Morgan fingerprint density at radius 1 is 1.41 bits per heavy atom. The van der Waals surface area contributed by atoms with Crippen LogP contribution < -0.4 is 0 Å². The van der Waals surface area contributed by atoms with Crippen molar-refractivity contribution in [3.05, 3.63) is 0 Å². The van der Waals surface area contributed by atoms with E-state index in [0.717, 1.165) is 25.9 Å². The van der Waals surface area contributed by atoms with Gasteiger partial charge in [0.15, 0.2) is 9.84 Å². The lowest BCUT2D eigenvalue weighted by atomic mass is 9.92. The van der Waals surface area contributed by atoms with E-state index in [0.29, 0.717) is 12.5 Å². The fourth-order valence-corrected chi connectivity index (χ4v) is 3.18. The van der Waals surface area contributed by atoms with Crippen LogP contribution >= 0.6 is 0 Å². The first-order valence-electron chi connectivity index (χ1n) is 6.48. The monoisotopic (exact) mass is 263 g/mol. The van der Waals surface area contributed by atoms with Gasteiger partial charge in [0, 0.05) is 19.6 Å². The largest absolute Gasteiger partial charge is 0.393 e. The van der Waals surface area contributed by atoms with Crippen molar-refractivity contribution in [2.24, 2.45) is 5.92 Å². The second-order valence-electron chi connectivity index (χ2n) is 5.24. The predicted molar refractivity (Wildman–Crippen MR) is 69.8 cm³/mol. The van der Waals surface area contributed by atoms with Gasteiger partial charge in [-0.15, -0.1) is 0 Å². The third-order valence-corrected chi connectivity index (χ3v) is 5.90. The van der Waals surface area contributed by atoms with Crippen LogP contribution in [0.5, 0.6) is 0 Å². The molecule has 5 heteroatoms. The van der Waals surface area contributed by atoms with Gasteiger partial charge in [0.1, 0.15) is 0 Å². The van der Waals surface area contributed by atoms with Crippen molar-refractivity contribution in [3.63, 3.8) is 0 Å². The van der Waals surface area contributed by atoms with Crippen LogP contribution in [0, 0.1) is 5.92 Å². The summed E-state index contributed by atoms with van der Waals surface area (Å²) in [6.45, 7) is 7.76. The van der Waals surface area contributed by atoms with Gasteiger partial charge in [0.25, 0.3) is 0 Å². The van der Waals surface area contributed by atoms with E-state index >= 15 is 0 Å². The Morgan fingerprint density at radius 2 is 2.06 bits per heavy atom. The molecule has 102 valence electrons. The Kier molecular flexibility index (Phi) is 5.41. The average molecular weight is 263 g/mol. The summed E-state index contributed by atoms with van der Waals surface area (Å²) in [6, 6.07) is 0. The van der Waals surface area contributed by atoms with E-state index in [4.69, 9.17) is 0 Å². The standard InChI is InChI=1S/C12H25NO3S/c1-4-11-9-13(6-5-12(11)14)7-8-17(15,16)10(2)3/h10-12,14H,4-9H2,1-3H3. The van der Waals surface area contributed by atoms with Gasteiger partial charge < -0.3 is 10.0 Å². The minimum absolute atomic E-state index is 0.210. The van der Waals surface area contributed by atoms with Crippen LogP contribution in [0.25, 0.3) is 0 Å². The number of nitrogens with zero attached hydrogens (tertiary/aromatic N) is 1. The minimum Gasteiger partial charge on any atom is -0.393 e. The maximum atomic E-state index is 11.7. The molecule has 1 fully saturated rings. The lowest BCUT2D eigenvalue weighted by Crippen LogP contribution is -2.44. The quantitative estimate of drug-likeness (QED) is 0.801. The highest BCUT2D eigenvalue weighted by Gasteiger charge is 2.27. The number of hydrogen-bond donors (Lipinski definition) is 1. The number of aliphatic hydroxyl groups excluding tert-OH is 1. The third kappa shape index (κ3) is 4.23. The summed E-state index contributed by atoms with van der Waals surface area (Å²) in [5, 5.41) is 9.47. The summed E-state index contributed by atoms with van der Waals surface area (Å²) in [4.78, 5) is 2.17. The zero-order valence-corrected chi connectivity index (χ0v) is 11.9. The molecule has 1 N–H and O–H groups in total. The number of sulfone groups is 1. The molecule has 17 heavy (non-hydrogen) atoms. The zero-order chi connectivity index (χ0) is 13.1. The fourth-order valence-electron chi connectivity index (χ4n) is 2.19. The van der Waals surface area contributed by atoms with Crippen molar-refractivity contribution >= 4 is 9.84 Å². The number of likely N-dealkylation sites (tertiary alicyclic amines) is 1. The average Bonchev–Trinajstić information content (AvgIpc) is 2.28. The van der Waals surface area contributed by atoms with Gasteiger partial charge in [-0.25, -0.2) is 8.42 Å². The smallest absolute Gasteiger partial charge is 0.153 e. The summed E-state index contributed by atoms with van der Waals surface area (Å²) < 4.78 is 23.4. The molecule has 1 heterocycles. The second kappa shape index (κ2) is 6.16. The Bertz CT molecular complexity index is 327. The molecule has 0 bridgehead atoms. The number of aliphatic hydroxyl groups is 1. The normalized spacial score (nSPS) is 27.6. The lowest BCUT2D eigenvalue weighted by Gasteiger charge is -2.35. The highest BCUT2D eigenvalue weighted by atomic mass is 32.2. The van der Waals surface area contributed by atoms with Gasteiger partial charge >= 0.3 is 0 Å². The van der Waals surface area contributed by atoms with Gasteiger partial charge in [-0.05, 0) is 32.6 Å². The molecular weight excluding hydrogens is 238 g/mol. The number of rotatable bonds is 5. The van der Waals surface area contributed by atoms with Crippen LogP contribution in [0.1, 0.15) is 33.6 Å². The van der Waals surface area contributed by atoms with Crippen LogP contribution in [0.15, 0.2) is 0 Å². The first kappa shape index (κ1) is 14.9. The van der Waals surface area contributed by atoms with Crippen LogP contribution in [-0.4, -0.2) is 55.2 Å². The second-order valence-corrected chi connectivity index (χ2v) is 7.92. The summed E-state index contributed by atoms with van der Waals surface area (Å²) in [5.41, 5.74) is 0. The summed E-state index contributed by atoms with van der Waals surface area (Å²) in [5.74, 6) is 0.530. The maximum absolute atomic E-state index is 11.7. The molecule has 0 spiro atoms. The van der Waals surface area contributed by atoms with Crippen molar-refractivity contribution < 1.29 is 13.5 Å². The summed E-state index contributed by atoms with van der Waals surface area (Å²) >= 11 is 0. The SMILES string of the molecule is CCC1CN(CCS(=O)(=O)C(C)C)CCC1O. The lowest BCUT2D eigenvalue weighted by molar-refractivity contribution is 0.0275. The molecule has 0 saturated carbocycles. The molecule has 0 aromatic rings. The van der Waals surface area contributed by atoms with Crippen molar-refractivity contribution in [2.45, 2.75) is 45.0 Å². The van der Waals surface area contributed by atoms with Crippen LogP contribution in [-0.2, 0) is 9.84 Å². The van der Waals surface area contributed by atoms with Gasteiger partial charge in [0.05, 0.1) is 17.1 Å². The molecule has 0 radical (unpaired) electrons. The van der Waals surface area contributed by atoms with Crippen molar-refractivity contribution in [1.82, 2.24) is 4.90 Å². The molecular formula is C12H25NO3S. The van der Waals surface area contributed by atoms with Crippen molar-refractivity contribution in [3.8, 4) is 0 Å². The van der Waals surface area contributed by atoms with E-state index in [-0.39, 0.29) is 17.1 Å². The third-order valence-electron chi connectivity index (χ3n) is 3.71. The van der Waals surface area contributed by atoms with E-state index < -0.39 is 9.84 Å². The Morgan fingerprint density at radius 3 is 2.59 bits per heavy atom. The number of piperidine rings is 1. The van der Waals surface area contributed by atoms with Gasteiger partial charge in [0.2, 0.25) is 0 Å². The molecule has 1 aliphatic rings. The van der Waals surface area contributed by atoms with E-state index in [9.17, 15) is 13.5 Å². The van der Waals surface area contributed by atoms with Crippen molar-refractivity contribution in [2.75, 3.05) is 25.4 Å². The number of hydrogen-bond acceptors (Lipinski definition) is 4. The molecule has 2 unspecified atom stereocenters. The van der Waals surface area contributed by atoms with Crippen LogP contribution in [0.3, 0.4) is 0 Å². The summed E-state index contributed by atoms with van der Waals surface area (Å²) in [7, 11) is -2.94. The molecule has 0 aliphatic carbocycles. The summed E-state index contributed by atoms with van der Waals surface area (Å²) in [6.07, 6.45) is 1.51. The molecule has 0 aromatic heterocycles. The van der Waals surface area contributed by atoms with Crippen LogP contribution in [0.2, 0.25) is 0 Å². The van der Waals surface area contributed by atoms with E-state index in [1.165, 1.54) is 0 Å². The topological polar surface area (TPSA) is 57.6 Å². The molecule has 1 aliphatic heterocycles. The first-order chi connectivity index (χ1) is 7.86. The van der Waals surface area contributed by atoms with Crippen LogP contribution in [0.4, 0.5) is 0 Å². The molecule has 0 amide bonds. The van der Waals surface area contributed by atoms with E-state index in [2.05, 4.69) is 11.8 Å². The Labute approximate surface area is 105 Å². The van der Waals surface area contributed by atoms with E-state index in [1.54, 1.807) is 13.8 Å². The van der Waals surface area contributed by atoms with Crippen molar-refractivity contribution in [1.29, 1.82) is 0 Å². The molecule has 2 atom stereocenters. The Hall–Kier alpha value is -0.130. The minimum atomic E-state index is -2.94. The Balaban J connectivity index is 2.44. The molecule has 1 saturated heterocycles.